The molecule has 23 heavy (non-hydrogen) atoms. The van der Waals surface area contributed by atoms with Gasteiger partial charge in [0.05, 0.1) is 18.8 Å². The highest BCUT2D eigenvalue weighted by atomic mass is 19.1. The topological polar surface area (TPSA) is 57.3 Å². The second-order valence-corrected chi connectivity index (χ2v) is 5.12. The smallest absolute Gasteiger partial charge is 0.315 e. The van der Waals surface area contributed by atoms with Crippen molar-refractivity contribution < 1.29 is 13.6 Å². The summed E-state index contributed by atoms with van der Waals surface area (Å²) >= 11 is 0. The first kappa shape index (κ1) is 16.7. The Balaban J connectivity index is 1.87. The summed E-state index contributed by atoms with van der Waals surface area (Å²) in [5.74, 6) is -0.602. The van der Waals surface area contributed by atoms with E-state index in [-0.39, 0.29) is 18.7 Å². The quantitative estimate of drug-likeness (QED) is 0.889. The Kier molecular flexibility index (Phi) is 5.46. The van der Waals surface area contributed by atoms with Gasteiger partial charge >= 0.3 is 6.03 Å². The lowest BCUT2D eigenvalue weighted by atomic mass is 10.2. The van der Waals surface area contributed by atoms with E-state index in [0.717, 1.165) is 18.0 Å². The molecule has 2 aromatic rings. The zero-order chi connectivity index (χ0) is 16.8. The van der Waals surface area contributed by atoms with Crippen LogP contribution in [0.25, 0.3) is 0 Å². The zero-order valence-electron chi connectivity index (χ0n) is 12.9. The molecule has 0 radical (unpaired) electrons. The molecule has 0 fully saturated rings. The van der Waals surface area contributed by atoms with Gasteiger partial charge in [-0.25, -0.2) is 18.6 Å². The molecule has 2 rings (SSSR count). The molecule has 2 amide bonds. The highest BCUT2D eigenvalue weighted by Crippen LogP contribution is 2.11. The Morgan fingerprint density at radius 3 is 2.30 bits per heavy atom. The van der Waals surface area contributed by atoms with Gasteiger partial charge in [-0.05, 0) is 24.3 Å². The minimum atomic E-state index is -0.689. The van der Waals surface area contributed by atoms with Gasteiger partial charge in [-0.1, -0.05) is 12.1 Å². The standard InChI is InChI=1S/C16H18F2N4O/c1-22(2)15-8-3-5-11(21-15)9-19-16(23)20-10-12-13(17)6-4-7-14(12)18/h3-8H,9-10H2,1-2H3,(H2,19,20,23). The van der Waals surface area contributed by atoms with Crippen molar-refractivity contribution in [3.63, 3.8) is 0 Å². The maximum Gasteiger partial charge on any atom is 0.315 e. The maximum absolute atomic E-state index is 13.4. The van der Waals surface area contributed by atoms with Gasteiger partial charge in [-0.15, -0.1) is 0 Å². The Labute approximate surface area is 133 Å². The van der Waals surface area contributed by atoms with Gasteiger partial charge in [-0.3, -0.25) is 0 Å². The Morgan fingerprint density at radius 2 is 1.65 bits per heavy atom. The normalized spacial score (nSPS) is 10.3. The molecule has 0 aliphatic heterocycles. The number of pyridine rings is 1. The zero-order valence-corrected chi connectivity index (χ0v) is 12.9. The van der Waals surface area contributed by atoms with Crippen molar-refractivity contribution >= 4 is 11.8 Å². The summed E-state index contributed by atoms with van der Waals surface area (Å²) in [6.07, 6.45) is 0. The molecule has 0 saturated heterocycles. The van der Waals surface area contributed by atoms with Crippen LogP contribution >= 0.6 is 0 Å². The van der Waals surface area contributed by atoms with E-state index in [4.69, 9.17) is 0 Å². The first-order valence-corrected chi connectivity index (χ1v) is 7.05. The molecule has 1 aromatic carbocycles. The Morgan fingerprint density at radius 1 is 1.04 bits per heavy atom. The summed E-state index contributed by atoms with van der Waals surface area (Å²) in [4.78, 5) is 17.9. The number of hydrogen-bond donors (Lipinski definition) is 2. The van der Waals surface area contributed by atoms with Crippen molar-refractivity contribution in [2.75, 3.05) is 19.0 Å². The van der Waals surface area contributed by atoms with E-state index in [9.17, 15) is 13.6 Å². The minimum absolute atomic E-state index is 0.171. The first-order chi connectivity index (χ1) is 11.0. The predicted octanol–water partition coefficient (Wildman–Crippen LogP) is 2.43. The summed E-state index contributed by atoms with van der Waals surface area (Å²) in [5.41, 5.74) is 0.513. The van der Waals surface area contributed by atoms with Crippen molar-refractivity contribution in [2.45, 2.75) is 13.1 Å². The monoisotopic (exact) mass is 320 g/mol. The number of hydrogen-bond acceptors (Lipinski definition) is 3. The summed E-state index contributed by atoms with van der Waals surface area (Å²) in [7, 11) is 3.74. The number of carbonyl (C=O) groups is 1. The van der Waals surface area contributed by atoms with Crippen molar-refractivity contribution in [1.29, 1.82) is 0 Å². The molecule has 0 saturated carbocycles. The summed E-state index contributed by atoms with van der Waals surface area (Å²) in [6.45, 7) is -0.0111. The lowest BCUT2D eigenvalue weighted by Gasteiger charge is -2.13. The maximum atomic E-state index is 13.4. The SMILES string of the molecule is CN(C)c1cccc(CNC(=O)NCc2c(F)cccc2F)n1. The van der Waals surface area contributed by atoms with Crippen LogP contribution in [0.3, 0.4) is 0 Å². The van der Waals surface area contributed by atoms with Gasteiger partial charge in [0.15, 0.2) is 0 Å². The van der Waals surface area contributed by atoms with Gasteiger partial charge in [0.25, 0.3) is 0 Å². The summed E-state index contributed by atoms with van der Waals surface area (Å²) in [6, 6.07) is 8.52. The number of rotatable bonds is 5. The molecule has 1 aromatic heterocycles. The molecule has 2 N–H and O–H groups in total. The van der Waals surface area contributed by atoms with E-state index >= 15 is 0 Å². The van der Waals surface area contributed by atoms with E-state index in [2.05, 4.69) is 15.6 Å². The van der Waals surface area contributed by atoms with Crippen molar-refractivity contribution in [2.24, 2.45) is 0 Å². The van der Waals surface area contributed by atoms with Crippen LogP contribution in [0.5, 0.6) is 0 Å². The molecular formula is C16H18F2N4O. The number of anilines is 1. The number of amides is 2. The number of aromatic nitrogens is 1. The third-order valence-electron chi connectivity index (χ3n) is 3.17. The van der Waals surface area contributed by atoms with Crippen LogP contribution in [-0.2, 0) is 13.1 Å². The van der Waals surface area contributed by atoms with Crippen LogP contribution < -0.4 is 15.5 Å². The summed E-state index contributed by atoms with van der Waals surface area (Å²) < 4.78 is 26.9. The predicted molar refractivity (Wildman–Crippen MR) is 84.0 cm³/mol. The molecule has 0 bridgehead atoms. The van der Waals surface area contributed by atoms with Gasteiger partial charge in [-0.2, -0.15) is 0 Å². The summed E-state index contributed by atoms with van der Waals surface area (Å²) in [5, 5.41) is 5.02. The van der Waals surface area contributed by atoms with E-state index in [0.29, 0.717) is 5.69 Å². The fraction of sp³-hybridized carbons (Fsp3) is 0.250. The van der Waals surface area contributed by atoms with Crippen LogP contribution in [0.1, 0.15) is 11.3 Å². The van der Waals surface area contributed by atoms with E-state index in [1.807, 2.05) is 31.1 Å². The average Bonchev–Trinajstić information content (AvgIpc) is 2.52. The minimum Gasteiger partial charge on any atom is -0.363 e. The molecule has 0 unspecified atom stereocenters. The van der Waals surface area contributed by atoms with Gasteiger partial charge in [0.1, 0.15) is 17.5 Å². The second-order valence-electron chi connectivity index (χ2n) is 5.12. The molecule has 0 atom stereocenters. The van der Waals surface area contributed by atoms with E-state index in [1.165, 1.54) is 6.07 Å². The lowest BCUT2D eigenvalue weighted by Crippen LogP contribution is -2.35. The van der Waals surface area contributed by atoms with Gasteiger partial charge in [0, 0.05) is 19.7 Å². The second kappa shape index (κ2) is 7.53. The fourth-order valence-corrected chi connectivity index (χ4v) is 1.92. The molecule has 7 heteroatoms. The van der Waals surface area contributed by atoms with Gasteiger partial charge in [0.2, 0.25) is 0 Å². The largest absolute Gasteiger partial charge is 0.363 e. The fourth-order valence-electron chi connectivity index (χ4n) is 1.92. The molecule has 122 valence electrons. The van der Waals surface area contributed by atoms with E-state index in [1.54, 1.807) is 6.07 Å². The molecule has 1 heterocycles. The van der Waals surface area contributed by atoms with Crippen molar-refractivity contribution in [3.8, 4) is 0 Å². The lowest BCUT2D eigenvalue weighted by molar-refractivity contribution is 0.239. The van der Waals surface area contributed by atoms with E-state index < -0.39 is 17.7 Å². The average molecular weight is 320 g/mol. The number of urea groups is 1. The first-order valence-electron chi connectivity index (χ1n) is 7.05. The molecule has 0 aliphatic carbocycles. The van der Waals surface area contributed by atoms with Crippen LogP contribution in [0, 0.1) is 11.6 Å². The third-order valence-corrected chi connectivity index (χ3v) is 3.17. The highest BCUT2D eigenvalue weighted by Gasteiger charge is 2.10. The van der Waals surface area contributed by atoms with Crippen LogP contribution in [0.2, 0.25) is 0 Å². The van der Waals surface area contributed by atoms with Crippen molar-refractivity contribution in [1.82, 2.24) is 15.6 Å². The number of benzene rings is 1. The Bertz CT molecular complexity index is 671. The highest BCUT2D eigenvalue weighted by molar-refractivity contribution is 5.73. The molecule has 5 nitrogen and oxygen atoms in total. The van der Waals surface area contributed by atoms with Crippen LogP contribution in [-0.4, -0.2) is 25.1 Å². The number of nitrogens with zero attached hydrogens (tertiary/aromatic N) is 2. The molecular weight excluding hydrogens is 302 g/mol. The van der Waals surface area contributed by atoms with Gasteiger partial charge < -0.3 is 15.5 Å². The van der Waals surface area contributed by atoms with Crippen LogP contribution in [0.4, 0.5) is 19.4 Å². The number of carbonyl (C=O) groups excluding carboxylic acids is 1. The van der Waals surface area contributed by atoms with Crippen molar-refractivity contribution in [3.05, 3.63) is 59.3 Å². The Hall–Kier alpha value is -2.70. The van der Waals surface area contributed by atoms with Crippen LogP contribution in [0.15, 0.2) is 36.4 Å². The third kappa shape index (κ3) is 4.64. The molecule has 0 spiro atoms. The number of nitrogens with one attached hydrogen (secondary N) is 2. The molecule has 0 aliphatic rings. The number of halogens is 2.